The van der Waals surface area contributed by atoms with E-state index in [0.29, 0.717) is 69.0 Å². The zero-order valence-corrected chi connectivity index (χ0v) is 38.3. The molecule has 0 radical (unpaired) electrons. The minimum atomic E-state index is -1.04. The van der Waals surface area contributed by atoms with Gasteiger partial charge in [-0.25, -0.2) is 0 Å². The van der Waals surface area contributed by atoms with Gasteiger partial charge in [0, 0.05) is 5.41 Å². The van der Waals surface area contributed by atoms with Gasteiger partial charge in [-0.05, 0) is 140 Å². The smallest absolute Gasteiger partial charge is 0.161 e. The van der Waals surface area contributed by atoms with E-state index in [1.54, 1.807) is 85.3 Å². The van der Waals surface area contributed by atoms with Crippen molar-refractivity contribution in [3.63, 3.8) is 0 Å². The molecule has 6 aliphatic carbocycles. The maximum absolute atomic E-state index is 6.29. The first-order valence-electron chi connectivity index (χ1n) is 21.3. The molecule has 0 saturated heterocycles. The van der Waals surface area contributed by atoms with E-state index in [1.807, 2.05) is 0 Å². The van der Waals surface area contributed by atoms with Crippen molar-refractivity contribution in [1.29, 1.82) is 0 Å². The normalized spacial score (nSPS) is 24.9. The highest BCUT2D eigenvalue weighted by Gasteiger charge is 3.00. The lowest BCUT2D eigenvalue weighted by Crippen LogP contribution is -2.57. The fourth-order valence-electron chi connectivity index (χ4n) is 14.8. The predicted octanol–water partition coefficient (Wildman–Crippen LogP) is 8.09. The summed E-state index contributed by atoms with van der Waals surface area (Å²) in [5.74, 6) is 7.06. The summed E-state index contributed by atoms with van der Waals surface area (Å²) in [4.78, 5) is 0. The molecule has 12 nitrogen and oxygen atoms in total. The summed E-state index contributed by atoms with van der Waals surface area (Å²) >= 11 is 0. The fraction of sp³-hybridized carbons (Fsp3) is 0.321. The summed E-state index contributed by atoms with van der Waals surface area (Å²) in [6, 6.07) is 26.2. The predicted molar refractivity (Wildman–Crippen MR) is 239 cm³/mol. The van der Waals surface area contributed by atoms with Crippen molar-refractivity contribution in [2.75, 3.05) is 85.3 Å². The maximum atomic E-state index is 6.29. The highest BCUT2D eigenvalue weighted by atomic mass is 16.5. The molecular weight excluding hydrogens is 829 g/mol. The summed E-state index contributed by atoms with van der Waals surface area (Å²) in [5.41, 5.74) is 7.28. The molecule has 0 fully saturated rings. The Kier molecular flexibility index (Phi) is 7.65. The molecule has 0 atom stereocenters. The van der Waals surface area contributed by atoms with Crippen molar-refractivity contribution in [3.05, 3.63) is 140 Å². The van der Waals surface area contributed by atoms with Crippen LogP contribution in [0.4, 0.5) is 0 Å². The lowest BCUT2D eigenvalue weighted by Gasteiger charge is -2.51. The van der Waals surface area contributed by atoms with Gasteiger partial charge >= 0.3 is 0 Å². The Morgan fingerprint density at radius 3 is 0.354 bits per heavy atom. The number of benzene rings is 6. The van der Waals surface area contributed by atoms with E-state index < -0.39 is 27.1 Å². The molecule has 6 aliphatic rings. The molecule has 332 valence electrons. The summed E-state index contributed by atoms with van der Waals surface area (Å²) in [5, 5.41) is 0. The van der Waals surface area contributed by atoms with Crippen LogP contribution in [0.3, 0.4) is 0 Å². The molecule has 0 aromatic heterocycles. The van der Waals surface area contributed by atoms with E-state index in [-0.39, 0.29) is 0 Å². The molecule has 0 N–H and O–H groups in total. The molecule has 0 unspecified atom stereocenters. The molecule has 6 aromatic rings. The van der Waals surface area contributed by atoms with Crippen molar-refractivity contribution in [3.8, 4) is 69.0 Å². The molecule has 0 bridgehead atoms. The summed E-state index contributed by atoms with van der Waals surface area (Å²) < 4.78 is 75.5. The van der Waals surface area contributed by atoms with Gasteiger partial charge in [0.25, 0.3) is 0 Å². The van der Waals surface area contributed by atoms with E-state index >= 15 is 0 Å². The van der Waals surface area contributed by atoms with Crippen molar-refractivity contribution in [2.24, 2.45) is 5.41 Å². The first-order valence-corrected chi connectivity index (χ1v) is 21.3. The van der Waals surface area contributed by atoms with Crippen LogP contribution in [0.25, 0.3) is 0 Å². The quantitative estimate of drug-likeness (QED) is 0.119. The van der Waals surface area contributed by atoms with Gasteiger partial charge in [-0.1, -0.05) is 0 Å². The number of methoxy groups -OCH3 is 12. The summed E-state index contributed by atoms with van der Waals surface area (Å²) in [6.07, 6.45) is 0. The Morgan fingerprint density at radius 1 is 0.185 bits per heavy atom. The largest absolute Gasteiger partial charge is 0.493 e. The first-order chi connectivity index (χ1) is 31.6. The van der Waals surface area contributed by atoms with Gasteiger partial charge in [-0.15, -0.1) is 0 Å². The summed E-state index contributed by atoms with van der Waals surface area (Å²) in [7, 11) is 20.2. The molecule has 1 spiro atoms. The number of rotatable bonds is 12. The molecule has 6 aromatic carbocycles. The highest BCUT2D eigenvalue weighted by Crippen LogP contribution is 3.00. The average Bonchev–Trinajstić information content (AvgIpc) is 4.05. The van der Waals surface area contributed by atoms with E-state index in [0.717, 1.165) is 66.8 Å². The van der Waals surface area contributed by atoms with Gasteiger partial charge in [0.2, 0.25) is 0 Å². The molecule has 0 aliphatic heterocycles. The molecule has 0 amide bonds. The van der Waals surface area contributed by atoms with Crippen LogP contribution in [0.2, 0.25) is 0 Å². The Bertz CT molecular complexity index is 2400. The second-order valence-corrected chi connectivity index (χ2v) is 17.3. The SMILES string of the molecule is COc1cc2c(cc1OC)C13c4cc(OC)c(OC)cc4C45c6cc(OC)c(OC)cc6C26c2cc(OC)c(OC)cc2C(c2cc(OC)c(OC)cc21)(c1cc(OC)c(OC)cc14)C635. The lowest BCUT2D eigenvalue weighted by molar-refractivity contribution is 0.108. The monoisotopic (exact) mass is 876 g/mol. The minimum Gasteiger partial charge on any atom is -0.493 e. The zero-order chi connectivity index (χ0) is 45.3. The van der Waals surface area contributed by atoms with Crippen LogP contribution in [-0.4, -0.2) is 85.3 Å². The van der Waals surface area contributed by atoms with E-state index in [2.05, 4.69) is 72.8 Å². The van der Waals surface area contributed by atoms with Crippen LogP contribution >= 0.6 is 0 Å². The Morgan fingerprint density at radius 2 is 0.277 bits per heavy atom. The van der Waals surface area contributed by atoms with Crippen molar-refractivity contribution in [1.82, 2.24) is 0 Å². The number of fused-ring (bicyclic) bond motifs is 6. The zero-order valence-electron chi connectivity index (χ0n) is 38.3. The lowest BCUT2D eigenvalue weighted by atomic mass is 9.47. The number of hydrogen-bond donors (Lipinski definition) is 0. The maximum Gasteiger partial charge on any atom is 0.161 e. The number of ether oxygens (including phenoxy) is 12. The topological polar surface area (TPSA) is 111 Å². The van der Waals surface area contributed by atoms with Gasteiger partial charge < -0.3 is 56.8 Å². The molecule has 12 heteroatoms. The van der Waals surface area contributed by atoms with Crippen LogP contribution in [0.1, 0.15) is 66.8 Å². The van der Waals surface area contributed by atoms with E-state index in [9.17, 15) is 0 Å². The van der Waals surface area contributed by atoms with Gasteiger partial charge in [0.15, 0.2) is 69.0 Å². The highest BCUT2D eigenvalue weighted by molar-refractivity contribution is 6.01. The van der Waals surface area contributed by atoms with Gasteiger partial charge in [-0.2, -0.15) is 0 Å². The second kappa shape index (κ2) is 12.6. The second-order valence-electron chi connectivity index (χ2n) is 17.3. The molecular formula is C53H48O12. The Balaban J connectivity index is 1.51. The third kappa shape index (κ3) is 3.52. The van der Waals surface area contributed by atoms with Crippen LogP contribution in [0.5, 0.6) is 69.0 Å². The Labute approximate surface area is 376 Å². The fourth-order valence-corrected chi connectivity index (χ4v) is 14.8. The van der Waals surface area contributed by atoms with Crippen molar-refractivity contribution in [2.45, 2.75) is 21.7 Å². The van der Waals surface area contributed by atoms with Crippen molar-refractivity contribution < 1.29 is 56.8 Å². The molecule has 0 heterocycles. The van der Waals surface area contributed by atoms with E-state index in [4.69, 9.17) is 56.8 Å². The van der Waals surface area contributed by atoms with Gasteiger partial charge in [0.05, 0.1) is 107 Å². The molecule has 12 rings (SSSR count). The third-order valence-corrected chi connectivity index (χ3v) is 16.2. The third-order valence-electron chi connectivity index (χ3n) is 16.2. The average molecular weight is 877 g/mol. The van der Waals surface area contributed by atoms with Crippen molar-refractivity contribution >= 4 is 0 Å². The van der Waals surface area contributed by atoms with Crippen LogP contribution in [0.15, 0.2) is 72.8 Å². The standard InChI is InChI=1S/C53H48O12/c1-54-37-13-25-26(14-38(37)55-2)50-31-19-43(60-7)45(62-9)21-33(31)51-29-17-41(58-5)39(56-3)15-27(29)49(25)28-16-40(57-4)42(59-6)18-30(28)52(53(49,50)51,34-22-46(63-10)44(61-8)20-32(34)50)36-24-48(65-12)47(64-11)23-35(36)51/h13-24H,1-12H3. The minimum absolute atomic E-state index is 0.589. The summed E-state index contributed by atoms with van der Waals surface area (Å²) in [6.45, 7) is 0. The van der Waals surface area contributed by atoms with Crippen LogP contribution in [-0.2, 0) is 21.7 Å². The van der Waals surface area contributed by atoms with Crippen LogP contribution < -0.4 is 56.8 Å². The van der Waals surface area contributed by atoms with Gasteiger partial charge in [0.1, 0.15) is 0 Å². The first kappa shape index (κ1) is 39.5. The van der Waals surface area contributed by atoms with Gasteiger partial charge in [-0.3, -0.25) is 0 Å². The van der Waals surface area contributed by atoms with Crippen LogP contribution in [0, 0.1) is 5.41 Å². The molecule has 65 heavy (non-hydrogen) atoms. The molecule has 0 saturated carbocycles. The Hall–Kier alpha value is -7.08. The number of hydrogen-bond acceptors (Lipinski definition) is 12. The van der Waals surface area contributed by atoms with E-state index in [1.165, 1.54) is 0 Å².